The first kappa shape index (κ1) is 8.52. The average Bonchev–Trinajstić information content (AvgIpc) is 2.35. The molecule has 0 aliphatic rings. The lowest BCUT2D eigenvalue weighted by Gasteiger charge is -1.84. The van der Waals surface area contributed by atoms with Crippen molar-refractivity contribution < 1.29 is 9.90 Å². The van der Waals surface area contributed by atoms with Crippen LogP contribution in [0.5, 0.6) is 0 Å². The van der Waals surface area contributed by atoms with Gasteiger partial charge in [-0.05, 0) is 12.1 Å². The lowest BCUT2D eigenvalue weighted by atomic mass is 10.3. The first-order valence-electron chi connectivity index (χ1n) is 3.56. The van der Waals surface area contributed by atoms with E-state index in [1.54, 1.807) is 23.0 Å². The van der Waals surface area contributed by atoms with E-state index in [2.05, 4.69) is 5.10 Å². The topological polar surface area (TPSA) is 55.1 Å². The minimum absolute atomic E-state index is 0.0383. The van der Waals surface area contributed by atoms with Crippen molar-refractivity contribution in [1.82, 2.24) is 9.78 Å². The predicted molar refractivity (Wildman–Crippen MR) is 44.5 cm³/mol. The largest absolute Gasteiger partial charge is 0.481 e. The summed E-state index contributed by atoms with van der Waals surface area (Å²) in [5.74, 6) is -0.831. The molecule has 1 aromatic rings. The maximum Gasteiger partial charge on any atom is 0.307 e. The molecule has 0 radical (unpaired) electrons. The summed E-state index contributed by atoms with van der Waals surface area (Å²) in [6.07, 6.45) is 5.11. The summed E-state index contributed by atoms with van der Waals surface area (Å²) in [6, 6.07) is 1.82. The van der Waals surface area contributed by atoms with Crippen molar-refractivity contribution in [2.24, 2.45) is 7.05 Å². The van der Waals surface area contributed by atoms with Crippen LogP contribution in [-0.4, -0.2) is 20.9 Å². The zero-order valence-corrected chi connectivity index (χ0v) is 6.77. The zero-order chi connectivity index (χ0) is 8.97. The van der Waals surface area contributed by atoms with Gasteiger partial charge in [-0.3, -0.25) is 9.48 Å². The molecule has 0 aliphatic heterocycles. The molecule has 0 bridgehead atoms. The second-order valence-corrected chi connectivity index (χ2v) is 2.41. The van der Waals surface area contributed by atoms with Gasteiger partial charge in [-0.15, -0.1) is 0 Å². The fraction of sp³-hybridized carbons (Fsp3) is 0.250. The van der Waals surface area contributed by atoms with E-state index in [4.69, 9.17) is 5.11 Å². The van der Waals surface area contributed by atoms with E-state index < -0.39 is 5.97 Å². The van der Waals surface area contributed by atoms with Gasteiger partial charge in [-0.2, -0.15) is 5.10 Å². The molecule has 0 fully saturated rings. The molecule has 1 aromatic heterocycles. The second kappa shape index (κ2) is 3.71. The van der Waals surface area contributed by atoms with Gasteiger partial charge in [0.05, 0.1) is 12.1 Å². The van der Waals surface area contributed by atoms with Crippen molar-refractivity contribution in [2.45, 2.75) is 6.42 Å². The molecular formula is C8H10N2O2. The zero-order valence-electron chi connectivity index (χ0n) is 6.77. The van der Waals surface area contributed by atoms with Gasteiger partial charge in [-0.25, -0.2) is 0 Å². The number of hydrogen-bond donors (Lipinski definition) is 1. The van der Waals surface area contributed by atoms with Crippen LogP contribution in [-0.2, 0) is 11.8 Å². The van der Waals surface area contributed by atoms with Crippen LogP contribution >= 0.6 is 0 Å². The molecular weight excluding hydrogens is 156 g/mol. The van der Waals surface area contributed by atoms with Crippen LogP contribution in [0.1, 0.15) is 12.1 Å². The Bertz CT molecular complexity index is 302. The average molecular weight is 166 g/mol. The number of aryl methyl sites for hydroxylation is 1. The van der Waals surface area contributed by atoms with Gasteiger partial charge in [0, 0.05) is 13.2 Å². The van der Waals surface area contributed by atoms with Gasteiger partial charge in [0.1, 0.15) is 0 Å². The third kappa shape index (κ3) is 2.57. The number of rotatable bonds is 3. The minimum Gasteiger partial charge on any atom is -0.481 e. The third-order valence-corrected chi connectivity index (χ3v) is 1.32. The summed E-state index contributed by atoms with van der Waals surface area (Å²) in [6.45, 7) is 0. The molecule has 4 heteroatoms. The Kier molecular flexibility index (Phi) is 2.63. The molecule has 0 amide bonds. The van der Waals surface area contributed by atoms with Crippen molar-refractivity contribution in [1.29, 1.82) is 0 Å². The quantitative estimate of drug-likeness (QED) is 0.726. The SMILES string of the molecule is Cn1ccc(C=CCC(=O)O)n1. The molecule has 0 saturated carbocycles. The Morgan fingerprint density at radius 3 is 3.08 bits per heavy atom. The van der Waals surface area contributed by atoms with Crippen LogP contribution < -0.4 is 0 Å². The maximum atomic E-state index is 10.1. The fourth-order valence-electron chi connectivity index (χ4n) is 0.802. The molecule has 0 unspecified atom stereocenters. The highest BCUT2D eigenvalue weighted by Crippen LogP contribution is 1.97. The van der Waals surface area contributed by atoms with Crippen LogP contribution in [0, 0.1) is 0 Å². The van der Waals surface area contributed by atoms with Crippen molar-refractivity contribution in [3.63, 3.8) is 0 Å². The first-order valence-corrected chi connectivity index (χ1v) is 3.56. The number of carboxylic acid groups (broad SMARTS) is 1. The van der Waals surface area contributed by atoms with Crippen molar-refractivity contribution >= 4 is 12.0 Å². The van der Waals surface area contributed by atoms with E-state index in [-0.39, 0.29) is 6.42 Å². The molecule has 1 heterocycles. The van der Waals surface area contributed by atoms with Gasteiger partial charge in [-0.1, -0.05) is 6.08 Å². The Hall–Kier alpha value is -1.58. The summed E-state index contributed by atoms with van der Waals surface area (Å²) < 4.78 is 1.67. The summed E-state index contributed by atoms with van der Waals surface area (Å²) in [5, 5.41) is 12.4. The molecule has 0 aromatic carbocycles. The summed E-state index contributed by atoms with van der Waals surface area (Å²) >= 11 is 0. The third-order valence-electron chi connectivity index (χ3n) is 1.32. The van der Waals surface area contributed by atoms with E-state index in [0.717, 1.165) is 5.69 Å². The molecule has 12 heavy (non-hydrogen) atoms. The predicted octanol–water partition coefficient (Wildman–Crippen LogP) is 0.908. The number of hydrogen-bond acceptors (Lipinski definition) is 2. The first-order chi connectivity index (χ1) is 5.68. The van der Waals surface area contributed by atoms with Crippen LogP contribution in [0.15, 0.2) is 18.3 Å². The van der Waals surface area contributed by atoms with E-state index in [0.29, 0.717) is 0 Å². The van der Waals surface area contributed by atoms with Crippen LogP contribution in [0.3, 0.4) is 0 Å². The highest BCUT2D eigenvalue weighted by Gasteiger charge is 1.92. The summed E-state index contributed by atoms with van der Waals surface area (Å²) in [5.41, 5.74) is 0.777. The van der Waals surface area contributed by atoms with Crippen LogP contribution in [0.2, 0.25) is 0 Å². The molecule has 4 nitrogen and oxygen atoms in total. The van der Waals surface area contributed by atoms with E-state index >= 15 is 0 Å². The van der Waals surface area contributed by atoms with Gasteiger partial charge in [0.25, 0.3) is 0 Å². The normalized spacial score (nSPS) is 10.8. The van der Waals surface area contributed by atoms with Crippen LogP contribution in [0.25, 0.3) is 6.08 Å². The Balaban J connectivity index is 2.52. The fourth-order valence-corrected chi connectivity index (χ4v) is 0.802. The number of aromatic nitrogens is 2. The second-order valence-electron chi connectivity index (χ2n) is 2.41. The van der Waals surface area contributed by atoms with Gasteiger partial charge >= 0.3 is 5.97 Å². The molecule has 64 valence electrons. The highest BCUT2D eigenvalue weighted by atomic mass is 16.4. The van der Waals surface area contributed by atoms with Crippen molar-refractivity contribution in [3.05, 3.63) is 24.0 Å². The molecule has 0 saturated heterocycles. The molecule has 1 rings (SSSR count). The smallest absolute Gasteiger partial charge is 0.307 e. The molecule has 1 N–H and O–H groups in total. The van der Waals surface area contributed by atoms with E-state index in [1.165, 1.54) is 0 Å². The minimum atomic E-state index is -0.831. The number of nitrogens with zero attached hydrogens (tertiary/aromatic N) is 2. The van der Waals surface area contributed by atoms with E-state index in [9.17, 15) is 4.79 Å². The number of carboxylic acids is 1. The standard InChI is InChI=1S/C8H10N2O2/c1-10-6-5-7(9-10)3-2-4-8(11)12/h2-3,5-6H,4H2,1H3,(H,11,12). The lowest BCUT2D eigenvalue weighted by molar-refractivity contribution is -0.135. The number of carbonyl (C=O) groups is 1. The molecule has 0 atom stereocenters. The summed E-state index contributed by atoms with van der Waals surface area (Å²) in [4.78, 5) is 10.1. The van der Waals surface area contributed by atoms with Gasteiger partial charge in [0.2, 0.25) is 0 Å². The molecule has 0 spiro atoms. The highest BCUT2D eigenvalue weighted by molar-refractivity contribution is 5.70. The van der Waals surface area contributed by atoms with Gasteiger partial charge < -0.3 is 5.11 Å². The van der Waals surface area contributed by atoms with Crippen molar-refractivity contribution in [2.75, 3.05) is 0 Å². The monoisotopic (exact) mass is 166 g/mol. The summed E-state index contributed by atoms with van der Waals surface area (Å²) in [7, 11) is 1.81. The van der Waals surface area contributed by atoms with E-state index in [1.807, 2.05) is 13.1 Å². The Morgan fingerprint density at radius 1 is 1.83 bits per heavy atom. The van der Waals surface area contributed by atoms with Crippen LogP contribution in [0.4, 0.5) is 0 Å². The van der Waals surface area contributed by atoms with Crippen molar-refractivity contribution in [3.8, 4) is 0 Å². The Labute approximate surface area is 70.1 Å². The Morgan fingerprint density at radius 2 is 2.58 bits per heavy atom. The maximum absolute atomic E-state index is 10.1. The van der Waals surface area contributed by atoms with Gasteiger partial charge in [0.15, 0.2) is 0 Å². The lowest BCUT2D eigenvalue weighted by Crippen LogP contribution is -1.90. The molecule has 0 aliphatic carbocycles. The number of aliphatic carboxylic acids is 1.